The lowest BCUT2D eigenvalue weighted by Gasteiger charge is -2.06. The van der Waals surface area contributed by atoms with E-state index < -0.39 is 11.9 Å². The van der Waals surface area contributed by atoms with Gasteiger partial charge in [0.1, 0.15) is 5.82 Å². The van der Waals surface area contributed by atoms with Gasteiger partial charge in [0, 0.05) is 13.0 Å². The van der Waals surface area contributed by atoms with E-state index >= 15 is 0 Å². The number of hydrogen-bond donors (Lipinski definition) is 2. The van der Waals surface area contributed by atoms with Crippen LogP contribution in [0.1, 0.15) is 42.6 Å². The van der Waals surface area contributed by atoms with Crippen LogP contribution < -0.4 is 5.32 Å². The Hall–Kier alpha value is -2.18. The Morgan fingerprint density at radius 1 is 1.25 bits per heavy atom. The molecule has 0 saturated heterocycles. The largest absolute Gasteiger partial charge is 0.481 e. The molecule has 0 atom stereocenters. The third-order valence-electron chi connectivity index (χ3n) is 2.65. The molecule has 0 radical (unpaired) electrons. The first-order valence-corrected chi connectivity index (χ1v) is 6.49. The molecule has 0 aromatic carbocycles. The molecule has 0 aliphatic carbocycles. The Balaban J connectivity index is 2.22. The normalized spacial score (nSPS) is 10.1. The maximum absolute atomic E-state index is 11.3. The van der Waals surface area contributed by atoms with Gasteiger partial charge in [-0.25, -0.2) is 9.78 Å². The van der Waals surface area contributed by atoms with Crippen molar-refractivity contribution in [1.29, 1.82) is 0 Å². The highest BCUT2D eigenvalue weighted by molar-refractivity contribution is 5.87. The summed E-state index contributed by atoms with van der Waals surface area (Å²) in [5.74, 6) is -0.744. The Morgan fingerprint density at radius 2 is 2.00 bits per heavy atom. The topological polar surface area (TPSA) is 101 Å². The average molecular weight is 281 g/mol. The van der Waals surface area contributed by atoms with Crippen LogP contribution >= 0.6 is 0 Å². The van der Waals surface area contributed by atoms with Gasteiger partial charge < -0.3 is 15.2 Å². The predicted octanol–water partition coefficient (Wildman–Crippen LogP) is 1.71. The van der Waals surface area contributed by atoms with Crippen LogP contribution in [0.2, 0.25) is 0 Å². The summed E-state index contributed by atoms with van der Waals surface area (Å²) in [6, 6.07) is 0. The molecule has 0 aliphatic rings. The number of methoxy groups -OCH3 is 1. The lowest BCUT2D eigenvalue weighted by Crippen LogP contribution is -2.09. The van der Waals surface area contributed by atoms with Crippen molar-refractivity contribution in [2.45, 2.75) is 32.1 Å². The minimum atomic E-state index is -0.752. The molecule has 0 aliphatic heterocycles. The number of aromatic nitrogens is 2. The molecule has 20 heavy (non-hydrogen) atoms. The number of carboxylic acid groups (broad SMARTS) is 1. The fraction of sp³-hybridized carbons (Fsp3) is 0.538. The van der Waals surface area contributed by atoms with Crippen molar-refractivity contribution < 1.29 is 19.4 Å². The first kappa shape index (κ1) is 15.9. The van der Waals surface area contributed by atoms with Crippen molar-refractivity contribution in [3.05, 3.63) is 18.1 Å². The van der Waals surface area contributed by atoms with Crippen LogP contribution in [0.25, 0.3) is 0 Å². The van der Waals surface area contributed by atoms with E-state index in [-0.39, 0.29) is 12.1 Å². The van der Waals surface area contributed by atoms with Gasteiger partial charge in [-0.05, 0) is 12.8 Å². The summed E-state index contributed by atoms with van der Waals surface area (Å²) in [6.45, 7) is 0.701. The van der Waals surface area contributed by atoms with Gasteiger partial charge in [0.15, 0.2) is 5.69 Å². The van der Waals surface area contributed by atoms with Crippen LogP contribution in [-0.4, -0.2) is 40.7 Å². The Kier molecular flexibility index (Phi) is 7.02. The third kappa shape index (κ3) is 6.12. The SMILES string of the molecule is COC(=O)c1cncc(NCCCCCCC(=O)O)n1. The highest BCUT2D eigenvalue weighted by atomic mass is 16.5. The molecule has 0 spiro atoms. The van der Waals surface area contributed by atoms with E-state index in [1.54, 1.807) is 0 Å². The van der Waals surface area contributed by atoms with Gasteiger partial charge in [-0.15, -0.1) is 0 Å². The Labute approximate surface area is 117 Å². The van der Waals surface area contributed by atoms with Crippen LogP contribution in [-0.2, 0) is 9.53 Å². The summed E-state index contributed by atoms with van der Waals surface area (Å²) in [7, 11) is 1.29. The Bertz CT molecular complexity index is 451. The maximum Gasteiger partial charge on any atom is 0.358 e. The van der Waals surface area contributed by atoms with Crippen LogP contribution in [0.5, 0.6) is 0 Å². The second kappa shape index (κ2) is 8.84. The molecule has 0 bridgehead atoms. The van der Waals surface area contributed by atoms with Gasteiger partial charge in [-0.2, -0.15) is 0 Å². The van der Waals surface area contributed by atoms with Crippen molar-refractivity contribution in [2.24, 2.45) is 0 Å². The summed E-state index contributed by atoms with van der Waals surface area (Å²) in [6.07, 6.45) is 6.56. The molecule has 110 valence electrons. The number of hydrogen-bond acceptors (Lipinski definition) is 6. The lowest BCUT2D eigenvalue weighted by atomic mass is 10.1. The molecular weight excluding hydrogens is 262 g/mol. The second-order valence-electron chi connectivity index (χ2n) is 4.27. The third-order valence-corrected chi connectivity index (χ3v) is 2.65. The number of aliphatic carboxylic acids is 1. The molecule has 0 unspecified atom stereocenters. The van der Waals surface area contributed by atoms with E-state index in [1.165, 1.54) is 19.5 Å². The van der Waals surface area contributed by atoms with E-state index in [2.05, 4.69) is 20.0 Å². The van der Waals surface area contributed by atoms with E-state index in [0.29, 0.717) is 18.8 Å². The van der Waals surface area contributed by atoms with Crippen molar-refractivity contribution in [3.8, 4) is 0 Å². The van der Waals surface area contributed by atoms with Gasteiger partial charge in [0.2, 0.25) is 0 Å². The molecule has 1 aromatic rings. The molecule has 0 saturated carbocycles. The van der Waals surface area contributed by atoms with Gasteiger partial charge in [-0.1, -0.05) is 12.8 Å². The monoisotopic (exact) mass is 281 g/mol. The van der Waals surface area contributed by atoms with Gasteiger partial charge in [0.05, 0.1) is 19.5 Å². The van der Waals surface area contributed by atoms with Crippen molar-refractivity contribution in [1.82, 2.24) is 9.97 Å². The summed E-state index contributed by atoms with van der Waals surface area (Å²) < 4.78 is 4.56. The zero-order valence-corrected chi connectivity index (χ0v) is 11.5. The number of carbonyl (C=O) groups is 2. The molecule has 1 heterocycles. The van der Waals surface area contributed by atoms with E-state index in [1.807, 2.05) is 0 Å². The highest BCUT2D eigenvalue weighted by Gasteiger charge is 2.07. The molecule has 1 rings (SSSR count). The number of rotatable bonds is 9. The first-order valence-electron chi connectivity index (χ1n) is 6.49. The molecule has 7 nitrogen and oxygen atoms in total. The quantitative estimate of drug-likeness (QED) is 0.524. The molecule has 1 aromatic heterocycles. The standard InChI is InChI=1S/C13H19N3O4/c1-20-13(19)10-8-14-9-11(16-10)15-7-5-3-2-4-6-12(17)18/h8-9H,2-7H2,1H3,(H,15,16)(H,17,18). The number of nitrogens with zero attached hydrogens (tertiary/aromatic N) is 2. The van der Waals surface area contributed by atoms with Crippen molar-refractivity contribution in [2.75, 3.05) is 19.0 Å². The predicted molar refractivity (Wildman–Crippen MR) is 72.6 cm³/mol. The number of carboxylic acids is 1. The van der Waals surface area contributed by atoms with E-state index in [9.17, 15) is 9.59 Å². The zero-order chi connectivity index (χ0) is 14.8. The fourth-order valence-corrected chi connectivity index (χ4v) is 1.63. The summed E-state index contributed by atoms with van der Waals surface area (Å²) in [4.78, 5) is 29.6. The highest BCUT2D eigenvalue weighted by Crippen LogP contribution is 2.06. The number of ether oxygens (including phenoxy) is 1. The van der Waals surface area contributed by atoms with Crippen molar-refractivity contribution in [3.63, 3.8) is 0 Å². The minimum Gasteiger partial charge on any atom is -0.481 e. The summed E-state index contributed by atoms with van der Waals surface area (Å²) >= 11 is 0. The van der Waals surface area contributed by atoms with E-state index in [4.69, 9.17) is 5.11 Å². The van der Waals surface area contributed by atoms with E-state index in [0.717, 1.165) is 19.3 Å². The minimum absolute atomic E-state index is 0.166. The van der Waals surface area contributed by atoms with Gasteiger partial charge >= 0.3 is 11.9 Å². The zero-order valence-electron chi connectivity index (χ0n) is 11.5. The molecule has 0 amide bonds. The van der Waals surface area contributed by atoms with Gasteiger partial charge in [0.25, 0.3) is 0 Å². The van der Waals surface area contributed by atoms with Gasteiger partial charge in [-0.3, -0.25) is 9.78 Å². The molecular formula is C13H19N3O4. The first-order chi connectivity index (χ1) is 9.63. The fourth-order valence-electron chi connectivity index (χ4n) is 1.63. The second-order valence-corrected chi connectivity index (χ2v) is 4.27. The van der Waals surface area contributed by atoms with Crippen LogP contribution in [0.4, 0.5) is 5.82 Å². The summed E-state index contributed by atoms with van der Waals surface area (Å²) in [5.41, 5.74) is 0.166. The summed E-state index contributed by atoms with van der Waals surface area (Å²) in [5, 5.41) is 11.6. The van der Waals surface area contributed by atoms with Crippen LogP contribution in [0, 0.1) is 0 Å². The average Bonchev–Trinajstić information content (AvgIpc) is 2.45. The van der Waals surface area contributed by atoms with Crippen LogP contribution in [0.15, 0.2) is 12.4 Å². The number of nitrogens with one attached hydrogen (secondary N) is 1. The smallest absolute Gasteiger partial charge is 0.358 e. The van der Waals surface area contributed by atoms with Crippen molar-refractivity contribution >= 4 is 17.8 Å². The number of esters is 1. The molecule has 2 N–H and O–H groups in total. The van der Waals surface area contributed by atoms with Crippen LogP contribution in [0.3, 0.4) is 0 Å². The number of unbranched alkanes of at least 4 members (excludes halogenated alkanes) is 3. The number of carbonyl (C=O) groups excluding carboxylic acids is 1. The molecule has 0 fully saturated rings. The Morgan fingerprint density at radius 3 is 2.70 bits per heavy atom. The lowest BCUT2D eigenvalue weighted by molar-refractivity contribution is -0.137. The number of anilines is 1. The maximum atomic E-state index is 11.3. The molecule has 7 heteroatoms.